The Kier molecular flexibility index (Phi) is 5.57. The summed E-state index contributed by atoms with van der Waals surface area (Å²) in [5, 5.41) is 3.45. The van der Waals surface area contributed by atoms with Crippen molar-refractivity contribution in [3.63, 3.8) is 0 Å². The lowest BCUT2D eigenvalue weighted by molar-refractivity contribution is 0.120. The van der Waals surface area contributed by atoms with E-state index in [1.165, 1.54) is 12.6 Å². The number of ether oxygens (including phenoxy) is 2. The van der Waals surface area contributed by atoms with Gasteiger partial charge in [-0.1, -0.05) is 42.5 Å². The number of rotatable bonds is 6. The lowest BCUT2D eigenvalue weighted by Crippen LogP contribution is -2.20. The molecule has 1 fully saturated rings. The summed E-state index contributed by atoms with van der Waals surface area (Å²) in [5.74, 6) is 1.15. The molecular weight excluding hydrogens is 426 g/mol. The van der Waals surface area contributed by atoms with Crippen molar-refractivity contribution in [2.45, 2.75) is 35.9 Å². The van der Waals surface area contributed by atoms with Crippen molar-refractivity contribution in [3.8, 4) is 5.88 Å². The smallest absolute Gasteiger partial charge is 0.223 e. The van der Waals surface area contributed by atoms with Crippen LogP contribution >= 0.6 is 0 Å². The lowest BCUT2D eigenvalue weighted by atomic mass is 9.86. The van der Waals surface area contributed by atoms with Crippen LogP contribution < -0.4 is 10.1 Å². The Hall–Kier alpha value is -2.97. The highest BCUT2D eigenvalue weighted by atomic mass is 32.2. The Labute approximate surface area is 187 Å². The Balaban J connectivity index is 1.52. The van der Waals surface area contributed by atoms with Crippen LogP contribution in [-0.4, -0.2) is 43.9 Å². The van der Waals surface area contributed by atoms with Crippen molar-refractivity contribution in [2.75, 3.05) is 24.7 Å². The van der Waals surface area contributed by atoms with Crippen molar-refractivity contribution in [3.05, 3.63) is 77.6 Å². The van der Waals surface area contributed by atoms with E-state index in [-0.39, 0.29) is 23.0 Å². The summed E-state index contributed by atoms with van der Waals surface area (Å²) in [7, 11) is -3.27. The topological polar surface area (TPSA) is 90.4 Å². The molecule has 3 heterocycles. The van der Waals surface area contributed by atoms with Crippen LogP contribution in [0.5, 0.6) is 5.88 Å². The summed E-state index contributed by atoms with van der Waals surface area (Å²) in [6.45, 7) is 1.48. The molecular formula is C24H25N3O4S. The van der Waals surface area contributed by atoms with Gasteiger partial charge in [-0.2, -0.15) is 0 Å². The summed E-state index contributed by atoms with van der Waals surface area (Å²) in [6.07, 6.45) is 4.66. The highest BCUT2D eigenvalue weighted by molar-refractivity contribution is 7.90. The molecule has 0 radical (unpaired) electrons. The zero-order valence-corrected chi connectivity index (χ0v) is 18.6. The second-order valence-electron chi connectivity index (χ2n) is 8.23. The van der Waals surface area contributed by atoms with Gasteiger partial charge in [0.25, 0.3) is 0 Å². The molecule has 3 aromatic rings. The van der Waals surface area contributed by atoms with Crippen LogP contribution in [0.2, 0.25) is 0 Å². The minimum atomic E-state index is -3.27. The highest BCUT2D eigenvalue weighted by Gasteiger charge is 2.40. The molecule has 1 saturated heterocycles. The zero-order chi connectivity index (χ0) is 22.1. The summed E-state index contributed by atoms with van der Waals surface area (Å²) in [5.41, 5.74) is 2.88. The number of fused-ring (bicyclic) bond motifs is 1. The number of nitrogens with zero attached hydrogens (tertiary/aromatic N) is 2. The Morgan fingerprint density at radius 1 is 1.03 bits per heavy atom. The SMILES string of the molecule is CS(=O)(=O)c1ccc(C2Oc3ncnc(NC[C@@H]4CCCO4)c3C2c2ccccc2)cc1. The van der Waals surface area contributed by atoms with Gasteiger partial charge in [-0.15, -0.1) is 0 Å². The fraction of sp³-hybridized carbons (Fsp3) is 0.333. The maximum absolute atomic E-state index is 11.9. The molecule has 1 N–H and O–H groups in total. The van der Waals surface area contributed by atoms with Gasteiger partial charge in [0, 0.05) is 19.4 Å². The van der Waals surface area contributed by atoms with E-state index in [0.29, 0.717) is 12.4 Å². The average Bonchev–Trinajstić information content (AvgIpc) is 3.46. The third-order valence-corrected chi connectivity index (χ3v) is 7.14. The first-order valence-corrected chi connectivity index (χ1v) is 12.6. The third-order valence-electron chi connectivity index (χ3n) is 6.02. The van der Waals surface area contributed by atoms with Crippen LogP contribution in [-0.2, 0) is 14.6 Å². The molecule has 5 rings (SSSR count). The lowest BCUT2D eigenvalue weighted by Gasteiger charge is -2.21. The Morgan fingerprint density at radius 2 is 1.81 bits per heavy atom. The number of sulfone groups is 1. The second-order valence-corrected chi connectivity index (χ2v) is 10.2. The van der Waals surface area contributed by atoms with E-state index >= 15 is 0 Å². The van der Waals surface area contributed by atoms with Crippen LogP contribution in [0, 0.1) is 0 Å². The highest BCUT2D eigenvalue weighted by Crippen LogP contribution is 2.50. The quantitative estimate of drug-likeness (QED) is 0.611. The van der Waals surface area contributed by atoms with Crippen molar-refractivity contribution >= 4 is 15.7 Å². The normalized spacial score (nSPS) is 22.3. The summed E-state index contributed by atoms with van der Waals surface area (Å²) >= 11 is 0. The van der Waals surface area contributed by atoms with Gasteiger partial charge in [-0.05, 0) is 36.1 Å². The fourth-order valence-corrected chi connectivity index (χ4v) is 5.05. The molecule has 2 aliphatic heterocycles. The van der Waals surface area contributed by atoms with Gasteiger partial charge in [0.05, 0.1) is 22.5 Å². The van der Waals surface area contributed by atoms with Gasteiger partial charge < -0.3 is 14.8 Å². The molecule has 1 aromatic heterocycles. The summed E-state index contributed by atoms with van der Waals surface area (Å²) < 4.78 is 35.8. The van der Waals surface area contributed by atoms with Crippen molar-refractivity contribution in [1.82, 2.24) is 9.97 Å². The van der Waals surface area contributed by atoms with Crippen LogP contribution in [0.25, 0.3) is 0 Å². The molecule has 7 nitrogen and oxygen atoms in total. The molecule has 0 bridgehead atoms. The third kappa shape index (κ3) is 4.08. The molecule has 0 amide bonds. The minimum Gasteiger partial charge on any atom is -0.468 e. The number of hydrogen-bond acceptors (Lipinski definition) is 7. The second kappa shape index (κ2) is 8.52. The van der Waals surface area contributed by atoms with Gasteiger partial charge in [0.2, 0.25) is 5.88 Å². The van der Waals surface area contributed by atoms with E-state index in [0.717, 1.165) is 42.0 Å². The molecule has 2 aromatic carbocycles. The van der Waals surface area contributed by atoms with E-state index in [2.05, 4.69) is 27.4 Å². The number of hydrogen-bond donors (Lipinski definition) is 1. The van der Waals surface area contributed by atoms with Crippen LogP contribution in [0.15, 0.2) is 65.8 Å². The van der Waals surface area contributed by atoms with E-state index in [1.807, 2.05) is 30.3 Å². The molecule has 8 heteroatoms. The molecule has 0 spiro atoms. The van der Waals surface area contributed by atoms with E-state index in [1.54, 1.807) is 12.1 Å². The molecule has 2 unspecified atom stereocenters. The standard InChI is InChI=1S/C24H25N3O4S/c1-32(28,29)19-11-9-17(10-12-19)22-20(16-6-3-2-4-7-16)21-23(26-15-27-24(21)31-22)25-14-18-8-5-13-30-18/h2-4,6-7,9-12,15,18,20,22H,5,8,13-14H2,1H3,(H,25,26,27)/t18-,20?,22?/m0/s1. The summed E-state index contributed by atoms with van der Waals surface area (Å²) in [4.78, 5) is 9.22. The molecule has 32 heavy (non-hydrogen) atoms. The monoisotopic (exact) mass is 451 g/mol. The van der Waals surface area contributed by atoms with Crippen molar-refractivity contribution in [1.29, 1.82) is 0 Å². The van der Waals surface area contributed by atoms with Crippen LogP contribution in [0.4, 0.5) is 5.82 Å². The average molecular weight is 452 g/mol. The van der Waals surface area contributed by atoms with Gasteiger partial charge in [-0.25, -0.2) is 18.4 Å². The summed E-state index contributed by atoms with van der Waals surface area (Å²) in [6, 6.07) is 17.0. The zero-order valence-electron chi connectivity index (χ0n) is 17.8. The van der Waals surface area contributed by atoms with Gasteiger partial charge in [-0.3, -0.25) is 0 Å². The van der Waals surface area contributed by atoms with E-state index in [4.69, 9.17) is 9.47 Å². The first-order valence-electron chi connectivity index (χ1n) is 10.7. The fourth-order valence-electron chi connectivity index (χ4n) is 4.42. The largest absolute Gasteiger partial charge is 0.468 e. The van der Waals surface area contributed by atoms with E-state index in [9.17, 15) is 8.42 Å². The van der Waals surface area contributed by atoms with E-state index < -0.39 is 9.84 Å². The number of nitrogens with one attached hydrogen (secondary N) is 1. The minimum absolute atomic E-state index is 0.136. The Bertz CT molecular complexity index is 1190. The number of anilines is 1. The van der Waals surface area contributed by atoms with Crippen molar-refractivity contribution in [2.24, 2.45) is 0 Å². The predicted molar refractivity (Wildman–Crippen MR) is 121 cm³/mol. The molecule has 2 aliphatic rings. The molecule has 166 valence electrons. The first kappa shape index (κ1) is 20.9. The van der Waals surface area contributed by atoms with Crippen LogP contribution in [0.1, 0.15) is 41.6 Å². The number of benzene rings is 2. The molecule has 3 atom stereocenters. The van der Waals surface area contributed by atoms with Gasteiger partial charge in [0.15, 0.2) is 9.84 Å². The molecule has 0 saturated carbocycles. The Morgan fingerprint density at radius 3 is 2.50 bits per heavy atom. The number of aromatic nitrogens is 2. The molecule has 0 aliphatic carbocycles. The van der Waals surface area contributed by atoms with Crippen molar-refractivity contribution < 1.29 is 17.9 Å². The predicted octanol–water partition coefficient (Wildman–Crippen LogP) is 3.74. The van der Waals surface area contributed by atoms with Gasteiger partial charge in [0.1, 0.15) is 18.2 Å². The van der Waals surface area contributed by atoms with Crippen LogP contribution in [0.3, 0.4) is 0 Å². The van der Waals surface area contributed by atoms with Gasteiger partial charge >= 0.3 is 0 Å². The first-order chi connectivity index (χ1) is 15.5. The maximum Gasteiger partial charge on any atom is 0.223 e. The maximum atomic E-state index is 11.9.